The van der Waals surface area contributed by atoms with Gasteiger partial charge in [-0.25, -0.2) is 0 Å². The first-order valence-corrected chi connectivity index (χ1v) is 4.87. The maximum atomic E-state index is 11.3. The summed E-state index contributed by atoms with van der Waals surface area (Å²) in [5, 5.41) is 0. The lowest BCUT2D eigenvalue weighted by molar-refractivity contribution is -0.118. The second kappa shape index (κ2) is 3.02. The Hall–Kier alpha value is -0.240. The summed E-state index contributed by atoms with van der Waals surface area (Å²) >= 11 is 1.88. The Labute approximate surface area is 72.2 Å². The second-order valence-corrected chi connectivity index (χ2v) is 5.15. The van der Waals surface area contributed by atoms with Gasteiger partial charge in [-0.05, 0) is 32.1 Å². The quantitative estimate of drug-likeness (QED) is 0.591. The van der Waals surface area contributed by atoms with Crippen molar-refractivity contribution in [2.45, 2.75) is 25.0 Å². The number of ketones is 1. The van der Waals surface area contributed by atoms with Crippen LogP contribution < -0.4 is 0 Å². The fraction of sp³-hybridized carbons (Fsp3) is 0.667. The molecule has 0 N–H and O–H groups in total. The predicted octanol–water partition coefficient (Wildman–Crippen LogP) is 2.27. The molecule has 1 aliphatic heterocycles. The van der Waals surface area contributed by atoms with Gasteiger partial charge < -0.3 is 0 Å². The standard InChI is InChI=1S/C9H14OS/c1-4-8(10)7-5-6-11-9(7,2)3/h4,7H,1,5-6H2,2-3H3. The Bertz CT molecular complexity index is 184. The molecule has 1 unspecified atom stereocenters. The maximum absolute atomic E-state index is 11.3. The normalized spacial score (nSPS) is 28.4. The van der Waals surface area contributed by atoms with Gasteiger partial charge in [-0.3, -0.25) is 4.79 Å². The predicted molar refractivity (Wildman–Crippen MR) is 49.8 cm³/mol. The molecule has 1 rings (SSSR count). The van der Waals surface area contributed by atoms with E-state index in [0.29, 0.717) is 0 Å². The van der Waals surface area contributed by atoms with Crippen LogP contribution >= 0.6 is 11.8 Å². The SMILES string of the molecule is C=CC(=O)C1CCSC1(C)C. The van der Waals surface area contributed by atoms with E-state index in [1.807, 2.05) is 11.8 Å². The molecule has 0 aromatic carbocycles. The molecule has 0 saturated carbocycles. The summed E-state index contributed by atoms with van der Waals surface area (Å²) in [4.78, 5) is 11.3. The first-order chi connectivity index (χ1) is 5.08. The molecule has 1 atom stereocenters. The summed E-state index contributed by atoms with van der Waals surface area (Å²) < 4.78 is 0.130. The Morgan fingerprint density at radius 3 is 2.73 bits per heavy atom. The van der Waals surface area contributed by atoms with Gasteiger partial charge in [0, 0.05) is 10.7 Å². The van der Waals surface area contributed by atoms with E-state index in [2.05, 4.69) is 20.4 Å². The molecule has 0 bridgehead atoms. The Kier molecular flexibility index (Phi) is 2.43. The molecule has 11 heavy (non-hydrogen) atoms. The zero-order valence-corrected chi connectivity index (χ0v) is 7.91. The molecule has 0 radical (unpaired) electrons. The van der Waals surface area contributed by atoms with Crippen molar-refractivity contribution in [3.05, 3.63) is 12.7 Å². The van der Waals surface area contributed by atoms with Gasteiger partial charge >= 0.3 is 0 Å². The molecule has 1 aliphatic rings. The lowest BCUT2D eigenvalue weighted by Crippen LogP contribution is -2.28. The van der Waals surface area contributed by atoms with Crippen LogP contribution in [0.25, 0.3) is 0 Å². The molecular weight excluding hydrogens is 156 g/mol. The summed E-state index contributed by atoms with van der Waals surface area (Å²) in [6, 6.07) is 0. The van der Waals surface area contributed by atoms with E-state index in [0.717, 1.165) is 12.2 Å². The highest BCUT2D eigenvalue weighted by atomic mass is 32.2. The zero-order valence-electron chi connectivity index (χ0n) is 7.09. The molecule has 0 aromatic rings. The third-order valence-corrected chi connectivity index (χ3v) is 3.73. The molecule has 1 nitrogen and oxygen atoms in total. The van der Waals surface area contributed by atoms with Crippen LogP contribution in [-0.4, -0.2) is 16.3 Å². The fourth-order valence-corrected chi connectivity index (χ4v) is 2.83. The van der Waals surface area contributed by atoms with E-state index >= 15 is 0 Å². The van der Waals surface area contributed by atoms with Crippen molar-refractivity contribution in [1.29, 1.82) is 0 Å². The largest absolute Gasteiger partial charge is 0.295 e. The van der Waals surface area contributed by atoms with Crippen LogP contribution in [0.15, 0.2) is 12.7 Å². The summed E-state index contributed by atoms with van der Waals surface area (Å²) in [6.45, 7) is 7.78. The van der Waals surface area contributed by atoms with Gasteiger partial charge in [0.2, 0.25) is 0 Å². The summed E-state index contributed by atoms with van der Waals surface area (Å²) in [5.41, 5.74) is 0. The minimum atomic E-state index is 0.130. The Morgan fingerprint density at radius 2 is 2.36 bits per heavy atom. The van der Waals surface area contributed by atoms with E-state index in [1.54, 1.807) is 0 Å². The minimum Gasteiger partial charge on any atom is -0.295 e. The Morgan fingerprint density at radius 1 is 1.73 bits per heavy atom. The highest BCUT2D eigenvalue weighted by Crippen LogP contribution is 2.42. The maximum Gasteiger partial charge on any atom is 0.159 e. The number of thioether (sulfide) groups is 1. The fourth-order valence-electron chi connectivity index (χ4n) is 1.52. The van der Waals surface area contributed by atoms with Gasteiger partial charge in [0.1, 0.15) is 0 Å². The molecule has 2 heteroatoms. The van der Waals surface area contributed by atoms with Crippen LogP contribution in [0.1, 0.15) is 20.3 Å². The molecule has 1 fully saturated rings. The first kappa shape index (κ1) is 8.85. The molecule has 0 spiro atoms. The average Bonchev–Trinajstić information content (AvgIpc) is 2.28. The topological polar surface area (TPSA) is 17.1 Å². The van der Waals surface area contributed by atoms with Crippen molar-refractivity contribution in [3.63, 3.8) is 0 Å². The minimum absolute atomic E-state index is 0.130. The van der Waals surface area contributed by atoms with Crippen molar-refractivity contribution in [2.75, 3.05) is 5.75 Å². The van der Waals surface area contributed by atoms with E-state index in [-0.39, 0.29) is 16.4 Å². The van der Waals surface area contributed by atoms with Gasteiger partial charge in [-0.2, -0.15) is 11.8 Å². The molecule has 0 aliphatic carbocycles. The number of allylic oxidation sites excluding steroid dienone is 1. The number of carbonyl (C=O) groups is 1. The van der Waals surface area contributed by atoms with E-state index in [9.17, 15) is 4.79 Å². The van der Waals surface area contributed by atoms with Gasteiger partial charge in [-0.15, -0.1) is 0 Å². The smallest absolute Gasteiger partial charge is 0.159 e. The molecule has 1 heterocycles. The third kappa shape index (κ3) is 1.67. The highest BCUT2D eigenvalue weighted by Gasteiger charge is 2.38. The number of carbonyl (C=O) groups excluding carboxylic acids is 1. The molecule has 62 valence electrons. The van der Waals surface area contributed by atoms with Gasteiger partial charge in [0.15, 0.2) is 5.78 Å². The summed E-state index contributed by atoms with van der Waals surface area (Å²) in [5.74, 6) is 1.52. The lowest BCUT2D eigenvalue weighted by atomic mass is 9.89. The Balaban J connectivity index is 2.72. The first-order valence-electron chi connectivity index (χ1n) is 3.88. The number of hydrogen-bond acceptors (Lipinski definition) is 2. The van der Waals surface area contributed by atoms with Gasteiger partial charge in [0.05, 0.1) is 0 Å². The van der Waals surface area contributed by atoms with Crippen LogP contribution in [0.5, 0.6) is 0 Å². The third-order valence-electron chi connectivity index (χ3n) is 2.26. The molecular formula is C9H14OS. The van der Waals surface area contributed by atoms with Gasteiger partial charge in [-0.1, -0.05) is 6.58 Å². The highest BCUT2D eigenvalue weighted by molar-refractivity contribution is 8.00. The number of hydrogen-bond donors (Lipinski definition) is 0. The monoisotopic (exact) mass is 170 g/mol. The van der Waals surface area contributed by atoms with Crippen molar-refractivity contribution >= 4 is 17.5 Å². The van der Waals surface area contributed by atoms with Crippen LogP contribution in [0, 0.1) is 5.92 Å². The zero-order chi connectivity index (χ0) is 8.48. The van der Waals surface area contributed by atoms with Gasteiger partial charge in [0.25, 0.3) is 0 Å². The van der Waals surface area contributed by atoms with E-state index < -0.39 is 0 Å². The molecule has 1 saturated heterocycles. The second-order valence-electron chi connectivity index (χ2n) is 3.40. The number of rotatable bonds is 2. The molecule has 0 amide bonds. The van der Waals surface area contributed by atoms with Crippen molar-refractivity contribution in [1.82, 2.24) is 0 Å². The van der Waals surface area contributed by atoms with E-state index in [4.69, 9.17) is 0 Å². The van der Waals surface area contributed by atoms with Crippen LogP contribution in [0.4, 0.5) is 0 Å². The van der Waals surface area contributed by atoms with Crippen LogP contribution in [0.2, 0.25) is 0 Å². The lowest BCUT2D eigenvalue weighted by Gasteiger charge is -2.23. The summed E-state index contributed by atoms with van der Waals surface area (Å²) in [7, 11) is 0. The van der Waals surface area contributed by atoms with Crippen molar-refractivity contribution in [2.24, 2.45) is 5.92 Å². The van der Waals surface area contributed by atoms with Crippen LogP contribution in [-0.2, 0) is 4.79 Å². The van der Waals surface area contributed by atoms with Crippen molar-refractivity contribution in [3.8, 4) is 0 Å². The van der Waals surface area contributed by atoms with Crippen LogP contribution in [0.3, 0.4) is 0 Å². The average molecular weight is 170 g/mol. The molecule has 0 aromatic heterocycles. The van der Waals surface area contributed by atoms with Crippen molar-refractivity contribution < 1.29 is 4.79 Å². The summed E-state index contributed by atoms with van der Waals surface area (Å²) in [6.07, 6.45) is 2.47. The van der Waals surface area contributed by atoms with E-state index in [1.165, 1.54) is 6.08 Å².